The van der Waals surface area contributed by atoms with E-state index in [2.05, 4.69) is 30.0 Å². The lowest BCUT2D eigenvalue weighted by Crippen LogP contribution is -2.42. The number of nitrogens with zero attached hydrogens (tertiary/aromatic N) is 2. The average molecular weight is 354 g/mol. The van der Waals surface area contributed by atoms with Crippen LogP contribution >= 0.6 is 0 Å². The fourth-order valence-electron chi connectivity index (χ4n) is 5.39. The van der Waals surface area contributed by atoms with Gasteiger partial charge in [0.15, 0.2) is 0 Å². The zero-order valence-corrected chi connectivity index (χ0v) is 16.4. The normalized spacial score (nSPS) is 27.2. The summed E-state index contributed by atoms with van der Waals surface area (Å²) in [6.45, 7) is 5.29. The van der Waals surface area contributed by atoms with Crippen LogP contribution in [0.4, 0.5) is 5.69 Å². The molecule has 2 aliphatic carbocycles. The summed E-state index contributed by atoms with van der Waals surface area (Å²) in [5.74, 6) is 3.60. The Bertz CT molecular complexity index is 645. The van der Waals surface area contributed by atoms with Crippen molar-refractivity contribution in [1.29, 1.82) is 0 Å². The second-order valence-corrected chi connectivity index (χ2v) is 8.95. The molecular weight excluding hydrogens is 318 g/mol. The van der Waals surface area contributed by atoms with Crippen molar-refractivity contribution in [2.75, 3.05) is 13.1 Å². The van der Waals surface area contributed by atoms with E-state index in [0.29, 0.717) is 5.92 Å². The van der Waals surface area contributed by atoms with Crippen molar-refractivity contribution < 1.29 is 0 Å². The van der Waals surface area contributed by atoms with Gasteiger partial charge in [-0.15, -0.1) is 0 Å². The smallest absolute Gasteiger partial charge is 0.108 e. The van der Waals surface area contributed by atoms with Gasteiger partial charge in [0, 0.05) is 19.0 Å². The maximum atomic E-state index is 5.99. The van der Waals surface area contributed by atoms with Crippen molar-refractivity contribution in [1.82, 2.24) is 4.90 Å². The number of amidine groups is 1. The zero-order valence-electron chi connectivity index (χ0n) is 16.4. The van der Waals surface area contributed by atoms with Crippen LogP contribution in [0.15, 0.2) is 23.2 Å². The quantitative estimate of drug-likeness (QED) is 0.809. The second-order valence-electron chi connectivity index (χ2n) is 8.95. The highest BCUT2D eigenvalue weighted by molar-refractivity contribution is 5.89. The summed E-state index contributed by atoms with van der Waals surface area (Å²) in [6.07, 6.45) is 12.2. The number of fused-ring (bicyclic) bond motifs is 1. The van der Waals surface area contributed by atoms with Crippen LogP contribution in [0.2, 0.25) is 0 Å². The van der Waals surface area contributed by atoms with Crippen molar-refractivity contribution >= 4 is 11.5 Å². The van der Waals surface area contributed by atoms with Crippen molar-refractivity contribution in [3.63, 3.8) is 0 Å². The number of rotatable bonds is 4. The average Bonchev–Trinajstić information content (AvgIpc) is 2.68. The Kier molecular flexibility index (Phi) is 5.63. The Balaban J connectivity index is 1.56. The summed E-state index contributed by atoms with van der Waals surface area (Å²) in [5, 5.41) is 0. The molecule has 2 saturated carbocycles. The first-order valence-corrected chi connectivity index (χ1v) is 10.9. The van der Waals surface area contributed by atoms with Gasteiger partial charge in [-0.25, -0.2) is 4.99 Å². The van der Waals surface area contributed by atoms with E-state index in [1.54, 1.807) is 0 Å². The monoisotopic (exact) mass is 353 g/mol. The van der Waals surface area contributed by atoms with Crippen LogP contribution in [-0.4, -0.2) is 23.8 Å². The van der Waals surface area contributed by atoms with Crippen molar-refractivity contribution in [2.45, 2.75) is 71.3 Å². The standard InChI is InChI=1S/C23H35N3/c1-17-10-11-22-21(12-17)16-26(15-19-7-5-6-18(13-19)14-24)23(25-22)20-8-3-2-4-9-20/h10-12,18-20H,2-9,13-16,24H2,1H3. The maximum Gasteiger partial charge on any atom is 0.108 e. The van der Waals surface area contributed by atoms with E-state index in [1.807, 2.05) is 0 Å². The summed E-state index contributed by atoms with van der Waals surface area (Å²) in [6, 6.07) is 6.78. The van der Waals surface area contributed by atoms with E-state index >= 15 is 0 Å². The number of hydrogen-bond acceptors (Lipinski definition) is 3. The van der Waals surface area contributed by atoms with Gasteiger partial charge in [0.1, 0.15) is 5.84 Å². The highest BCUT2D eigenvalue weighted by Gasteiger charge is 2.31. The first kappa shape index (κ1) is 18.0. The molecule has 3 nitrogen and oxygen atoms in total. The van der Waals surface area contributed by atoms with E-state index in [-0.39, 0.29) is 0 Å². The molecule has 2 fully saturated rings. The minimum atomic E-state index is 0.673. The molecule has 1 aromatic carbocycles. The van der Waals surface area contributed by atoms with Gasteiger partial charge in [0.05, 0.1) is 5.69 Å². The summed E-state index contributed by atoms with van der Waals surface area (Å²) >= 11 is 0. The summed E-state index contributed by atoms with van der Waals surface area (Å²) < 4.78 is 0. The van der Waals surface area contributed by atoms with Crippen molar-refractivity contribution in [3.05, 3.63) is 29.3 Å². The van der Waals surface area contributed by atoms with E-state index in [9.17, 15) is 0 Å². The number of hydrogen-bond donors (Lipinski definition) is 1. The van der Waals surface area contributed by atoms with Gasteiger partial charge in [-0.2, -0.15) is 0 Å². The third kappa shape index (κ3) is 3.98. The van der Waals surface area contributed by atoms with Gasteiger partial charge >= 0.3 is 0 Å². The lowest BCUT2D eigenvalue weighted by molar-refractivity contribution is 0.214. The number of nitrogens with two attached hydrogens (primary N) is 1. The van der Waals surface area contributed by atoms with E-state index < -0.39 is 0 Å². The third-order valence-electron chi connectivity index (χ3n) is 6.83. The maximum absolute atomic E-state index is 5.99. The van der Waals surface area contributed by atoms with E-state index in [0.717, 1.165) is 24.9 Å². The highest BCUT2D eigenvalue weighted by Crippen LogP contribution is 2.36. The molecule has 2 N–H and O–H groups in total. The summed E-state index contributed by atoms with van der Waals surface area (Å²) in [7, 11) is 0. The molecule has 0 saturated heterocycles. The lowest BCUT2D eigenvalue weighted by atomic mass is 9.80. The van der Waals surface area contributed by atoms with Gasteiger partial charge in [0.2, 0.25) is 0 Å². The molecule has 0 spiro atoms. The molecule has 0 bridgehead atoms. The van der Waals surface area contributed by atoms with Crippen LogP contribution in [0.1, 0.15) is 68.9 Å². The van der Waals surface area contributed by atoms with Gasteiger partial charge < -0.3 is 10.6 Å². The first-order valence-electron chi connectivity index (χ1n) is 10.9. The van der Waals surface area contributed by atoms with Gasteiger partial charge in [-0.1, -0.05) is 43.4 Å². The summed E-state index contributed by atoms with van der Waals surface area (Å²) in [5.41, 5.74) is 9.96. The van der Waals surface area contributed by atoms with Gasteiger partial charge in [-0.05, 0) is 69.0 Å². The Morgan fingerprint density at radius 3 is 2.65 bits per heavy atom. The van der Waals surface area contributed by atoms with Crippen molar-refractivity contribution in [3.8, 4) is 0 Å². The number of aliphatic imine (C=N–C) groups is 1. The Morgan fingerprint density at radius 1 is 1.04 bits per heavy atom. The minimum absolute atomic E-state index is 0.673. The predicted octanol–water partition coefficient (Wildman–Crippen LogP) is 5.19. The largest absolute Gasteiger partial charge is 0.355 e. The molecule has 2 unspecified atom stereocenters. The molecule has 2 atom stereocenters. The zero-order chi connectivity index (χ0) is 17.9. The van der Waals surface area contributed by atoms with Gasteiger partial charge in [-0.3, -0.25) is 0 Å². The Labute approximate surface area is 159 Å². The van der Waals surface area contributed by atoms with Crippen LogP contribution in [0.25, 0.3) is 0 Å². The predicted molar refractivity (Wildman–Crippen MR) is 110 cm³/mol. The number of aryl methyl sites for hydroxylation is 1. The molecule has 1 aliphatic heterocycles. The molecule has 3 heteroatoms. The lowest BCUT2D eigenvalue weighted by Gasteiger charge is -2.39. The van der Waals surface area contributed by atoms with Crippen LogP contribution in [0.3, 0.4) is 0 Å². The Hall–Kier alpha value is -1.35. The fraction of sp³-hybridized carbons (Fsp3) is 0.696. The molecular formula is C23H35N3. The van der Waals surface area contributed by atoms with Gasteiger partial charge in [0.25, 0.3) is 0 Å². The summed E-state index contributed by atoms with van der Waals surface area (Å²) in [4.78, 5) is 7.87. The van der Waals surface area contributed by atoms with Crippen LogP contribution in [-0.2, 0) is 6.54 Å². The molecule has 0 radical (unpaired) electrons. The molecule has 4 rings (SSSR count). The first-order chi connectivity index (χ1) is 12.7. The molecule has 3 aliphatic rings. The molecule has 1 aromatic rings. The SMILES string of the molecule is Cc1ccc2c(c1)CN(CC1CCCC(CN)C1)C(C1CCCCC1)=N2. The molecule has 0 amide bonds. The molecule has 26 heavy (non-hydrogen) atoms. The molecule has 142 valence electrons. The highest BCUT2D eigenvalue weighted by atomic mass is 15.2. The van der Waals surface area contributed by atoms with E-state index in [1.165, 1.54) is 87.0 Å². The van der Waals surface area contributed by atoms with E-state index in [4.69, 9.17) is 10.7 Å². The van der Waals surface area contributed by atoms with Crippen LogP contribution < -0.4 is 5.73 Å². The molecule has 0 aromatic heterocycles. The van der Waals surface area contributed by atoms with Crippen molar-refractivity contribution in [2.24, 2.45) is 28.5 Å². The van der Waals surface area contributed by atoms with Crippen LogP contribution in [0.5, 0.6) is 0 Å². The molecule has 1 heterocycles. The fourth-order valence-corrected chi connectivity index (χ4v) is 5.39. The van der Waals surface area contributed by atoms with Crippen LogP contribution in [0, 0.1) is 24.7 Å². The third-order valence-corrected chi connectivity index (χ3v) is 6.83. The Morgan fingerprint density at radius 2 is 1.85 bits per heavy atom. The minimum Gasteiger partial charge on any atom is -0.355 e. The second kappa shape index (κ2) is 8.12. The number of benzene rings is 1. The topological polar surface area (TPSA) is 41.6 Å².